The van der Waals surface area contributed by atoms with Gasteiger partial charge < -0.3 is 9.57 Å². The maximum atomic E-state index is 12.7. The van der Waals surface area contributed by atoms with Crippen LogP contribution in [-0.2, 0) is 4.84 Å². The van der Waals surface area contributed by atoms with E-state index in [0.717, 1.165) is 17.7 Å². The fraction of sp³-hybridized carbons (Fsp3) is 0.188. The number of rotatable bonds is 7. The Labute approximate surface area is 117 Å². The van der Waals surface area contributed by atoms with Crippen LogP contribution in [0.2, 0.25) is 0 Å². The van der Waals surface area contributed by atoms with Gasteiger partial charge in [0.15, 0.2) is 0 Å². The molecule has 0 saturated heterocycles. The molecule has 0 aliphatic carbocycles. The van der Waals surface area contributed by atoms with Gasteiger partial charge in [-0.25, -0.2) is 4.39 Å². The predicted octanol–water partition coefficient (Wildman–Crippen LogP) is 3.65. The molecule has 20 heavy (non-hydrogen) atoms. The summed E-state index contributed by atoms with van der Waals surface area (Å²) in [6.07, 6.45) is 2.30. The van der Waals surface area contributed by atoms with E-state index in [2.05, 4.69) is 5.16 Å². The third kappa shape index (κ3) is 5.10. The van der Waals surface area contributed by atoms with Crippen LogP contribution in [0.5, 0.6) is 5.75 Å². The van der Waals surface area contributed by atoms with Gasteiger partial charge in [0.1, 0.15) is 18.2 Å². The van der Waals surface area contributed by atoms with E-state index in [9.17, 15) is 4.39 Å². The van der Waals surface area contributed by atoms with E-state index in [0.29, 0.717) is 13.2 Å². The van der Waals surface area contributed by atoms with Crippen LogP contribution in [0.1, 0.15) is 12.0 Å². The largest absolute Gasteiger partial charge is 0.493 e. The van der Waals surface area contributed by atoms with Crippen LogP contribution >= 0.6 is 0 Å². The van der Waals surface area contributed by atoms with E-state index in [-0.39, 0.29) is 5.82 Å². The predicted molar refractivity (Wildman–Crippen MR) is 76.5 cm³/mol. The molecular weight excluding hydrogens is 257 g/mol. The zero-order valence-corrected chi connectivity index (χ0v) is 11.0. The lowest BCUT2D eigenvalue weighted by atomic mass is 10.2. The molecule has 0 spiro atoms. The Hall–Kier alpha value is -2.36. The van der Waals surface area contributed by atoms with Gasteiger partial charge in [-0.1, -0.05) is 35.5 Å². The smallest absolute Gasteiger partial charge is 0.123 e. The van der Waals surface area contributed by atoms with Crippen molar-refractivity contribution in [2.75, 3.05) is 13.2 Å². The van der Waals surface area contributed by atoms with Crippen LogP contribution in [0, 0.1) is 5.82 Å². The molecule has 0 aliphatic heterocycles. The quantitative estimate of drug-likeness (QED) is 0.438. The molecule has 0 aromatic heterocycles. The van der Waals surface area contributed by atoms with E-state index < -0.39 is 0 Å². The zero-order valence-electron chi connectivity index (χ0n) is 11.0. The number of halogens is 1. The second-order valence-electron chi connectivity index (χ2n) is 4.13. The highest BCUT2D eigenvalue weighted by Crippen LogP contribution is 2.08. The Morgan fingerprint density at radius 3 is 2.45 bits per heavy atom. The first-order chi connectivity index (χ1) is 9.84. The number of oxime groups is 1. The van der Waals surface area contributed by atoms with Crippen LogP contribution < -0.4 is 4.74 Å². The van der Waals surface area contributed by atoms with Gasteiger partial charge in [-0.2, -0.15) is 0 Å². The van der Waals surface area contributed by atoms with Crippen molar-refractivity contribution in [3.63, 3.8) is 0 Å². The van der Waals surface area contributed by atoms with Crippen molar-refractivity contribution in [1.29, 1.82) is 0 Å². The second-order valence-corrected chi connectivity index (χ2v) is 4.13. The first kappa shape index (κ1) is 14.1. The van der Waals surface area contributed by atoms with E-state index in [1.807, 2.05) is 30.3 Å². The van der Waals surface area contributed by atoms with E-state index in [4.69, 9.17) is 9.57 Å². The summed E-state index contributed by atoms with van der Waals surface area (Å²) in [6.45, 7) is 1.06. The highest BCUT2D eigenvalue weighted by atomic mass is 19.1. The fourth-order valence-corrected chi connectivity index (χ4v) is 1.53. The molecule has 0 fully saturated rings. The SMILES string of the molecule is Fc1ccc(/C=N/OCCCOc2ccccc2)cc1. The van der Waals surface area contributed by atoms with Crippen LogP contribution in [0.25, 0.3) is 0 Å². The average Bonchev–Trinajstić information content (AvgIpc) is 2.49. The molecule has 0 aliphatic rings. The summed E-state index contributed by atoms with van der Waals surface area (Å²) in [5, 5.41) is 3.81. The maximum absolute atomic E-state index is 12.7. The topological polar surface area (TPSA) is 30.8 Å². The van der Waals surface area contributed by atoms with Gasteiger partial charge in [0.05, 0.1) is 12.8 Å². The minimum atomic E-state index is -0.263. The van der Waals surface area contributed by atoms with E-state index in [1.165, 1.54) is 12.1 Å². The molecule has 0 heterocycles. The third-order valence-electron chi connectivity index (χ3n) is 2.54. The van der Waals surface area contributed by atoms with Crippen LogP contribution in [0.15, 0.2) is 59.8 Å². The van der Waals surface area contributed by atoms with Crippen molar-refractivity contribution in [3.8, 4) is 5.75 Å². The third-order valence-corrected chi connectivity index (χ3v) is 2.54. The molecule has 3 nitrogen and oxygen atoms in total. The Morgan fingerprint density at radius 2 is 1.70 bits per heavy atom. The number of hydrogen-bond donors (Lipinski definition) is 0. The van der Waals surface area contributed by atoms with E-state index >= 15 is 0 Å². The summed E-state index contributed by atoms with van der Waals surface area (Å²) < 4.78 is 18.2. The number of hydrogen-bond acceptors (Lipinski definition) is 3. The lowest BCUT2D eigenvalue weighted by Gasteiger charge is -2.04. The first-order valence-corrected chi connectivity index (χ1v) is 6.43. The van der Waals surface area contributed by atoms with Gasteiger partial charge in [0, 0.05) is 6.42 Å². The molecule has 0 radical (unpaired) electrons. The minimum Gasteiger partial charge on any atom is -0.493 e. The van der Waals surface area contributed by atoms with Crippen molar-refractivity contribution in [2.45, 2.75) is 6.42 Å². The van der Waals surface area contributed by atoms with Crippen molar-refractivity contribution in [1.82, 2.24) is 0 Å². The van der Waals surface area contributed by atoms with Crippen LogP contribution in [0.4, 0.5) is 4.39 Å². The standard InChI is InChI=1S/C16H16FNO2/c17-15-9-7-14(8-10-15)13-18-20-12-4-11-19-16-5-2-1-3-6-16/h1-3,5-10,13H,4,11-12H2/b18-13+. The molecule has 4 heteroatoms. The normalized spacial score (nSPS) is 10.7. The highest BCUT2D eigenvalue weighted by Gasteiger charge is 1.92. The number of ether oxygens (including phenoxy) is 1. The van der Waals surface area contributed by atoms with Gasteiger partial charge in [-0.3, -0.25) is 0 Å². The Kier molecular flexibility index (Phi) is 5.58. The molecule has 0 bridgehead atoms. The first-order valence-electron chi connectivity index (χ1n) is 6.43. The molecule has 2 aromatic rings. The van der Waals surface area contributed by atoms with Gasteiger partial charge in [0.25, 0.3) is 0 Å². The molecule has 104 valence electrons. The summed E-state index contributed by atoms with van der Waals surface area (Å²) in [4.78, 5) is 5.10. The second kappa shape index (κ2) is 7.94. The minimum absolute atomic E-state index is 0.263. The number of para-hydroxylation sites is 1. The number of benzene rings is 2. The summed E-state index contributed by atoms with van der Waals surface area (Å²) in [5.74, 6) is 0.587. The van der Waals surface area contributed by atoms with Gasteiger partial charge in [-0.05, 0) is 29.8 Å². The van der Waals surface area contributed by atoms with E-state index in [1.54, 1.807) is 18.3 Å². The molecule has 2 rings (SSSR count). The molecule has 0 atom stereocenters. The monoisotopic (exact) mass is 273 g/mol. The molecular formula is C16H16FNO2. The maximum Gasteiger partial charge on any atom is 0.123 e. The average molecular weight is 273 g/mol. The van der Waals surface area contributed by atoms with Gasteiger partial charge >= 0.3 is 0 Å². The van der Waals surface area contributed by atoms with Crippen LogP contribution in [0.3, 0.4) is 0 Å². The highest BCUT2D eigenvalue weighted by molar-refractivity contribution is 5.78. The lowest BCUT2D eigenvalue weighted by molar-refractivity contribution is 0.129. The fourth-order valence-electron chi connectivity index (χ4n) is 1.53. The molecule has 0 N–H and O–H groups in total. The summed E-state index contributed by atoms with van der Waals surface area (Å²) in [6, 6.07) is 15.7. The lowest BCUT2D eigenvalue weighted by Crippen LogP contribution is -2.01. The van der Waals surface area contributed by atoms with Crippen LogP contribution in [-0.4, -0.2) is 19.4 Å². The van der Waals surface area contributed by atoms with Gasteiger partial charge in [-0.15, -0.1) is 0 Å². The van der Waals surface area contributed by atoms with Crippen molar-refractivity contribution in [3.05, 3.63) is 66.0 Å². The number of nitrogens with zero attached hydrogens (tertiary/aromatic N) is 1. The molecule has 0 amide bonds. The van der Waals surface area contributed by atoms with Crippen molar-refractivity contribution in [2.24, 2.45) is 5.16 Å². The summed E-state index contributed by atoms with van der Waals surface area (Å²) in [7, 11) is 0. The Balaban J connectivity index is 1.58. The molecule has 0 saturated carbocycles. The molecule has 2 aromatic carbocycles. The van der Waals surface area contributed by atoms with Crippen molar-refractivity contribution >= 4 is 6.21 Å². The van der Waals surface area contributed by atoms with Crippen molar-refractivity contribution < 1.29 is 14.0 Å². The Bertz CT molecular complexity index is 526. The molecule has 0 unspecified atom stereocenters. The summed E-state index contributed by atoms with van der Waals surface area (Å²) in [5.41, 5.74) is 0.798. The zero-order chi connectivity index (χ0) is 14.0. The summed E-state index contributed by atoms with van der Waals surface area (Å²) >= 11 is 0. The van der Waals surface area contributed by atoms with Gasteiger partial charge in [0.2, 0.25) is 0 Å². The Morgan fingerprint density at radius 1 is 0.950 bits per heavy atom.